The smallest absolute Gasteiger partial charge is 0.337 e. The van der Waals surface area contributed by atoms with Crippen LogP contribution in [0.15, 0.2) is 56.8 Å². The summed E-state index contributed by atoms with van der Waals surface area (Å²) >= 11 is 0. The Morgan fingerprint density at radius 3 is 2.16 bits per heavy atom. The van der Waals surface area contributed by atoms with Crippen LogP contribution < -0.4 is 26.8 Å². The van der Waals surface area contributed by atoms with E-state index in [-0.39, 0.29) is 28.0 Å². The molecule has 0 aliphatic heterocycles. The molecule has 0 aliphatic rings. The molecule has 0 fully saturated rings. The maximum Gasteiger partial charge on any atom is 0.337 e. The van der Waals surface area contributed by atoms with Crippen molar-refractivity contribution in [2.24, 2.45) is 14.1 Å². The molecule has 4 aromatic rings. The summed E-state index contributed by atoms with van der Waals surface area (Å²) in [5, 5.41) is 3.16. The minimum absolute atomic E-state index is 0.0390. The maximum atomic E-state index is 15.0. The van der Waals surface area contributed by atoms with Crippen LogP contribution >= 0.6 is 0 Å². The highest BCUT2D eigenvalue weighted by Crippen LogP contribution is 2.28. The molecule has 9 nitrogen and oxygen atoms in total. The van der Waals surface area contributed by atoms with E-state index in [1.165, 1.54) is 37.1 Å². The van der Waals surface area contributed by atoms with Gasteiger partial charge in [-0.2, -0.15) is 0 Å². The summed E-state index contributed by atoms with van der Waals surface area (Å²) in [6.07, 6.45) is 1.49. The summed E-state index contributed by atoms with van der Waals surface area (Å²) in [7, 11) is 1.44. The Balaban J connectivity index is 0.00000186. The van der Waals surface area contributed by atoms with Crippen LogP contribution in [0.1, 0.15) is 25.0 Å². The molecule has 2 heterocycles. The van der Waals surface area contributed by atoms with Gasteiger partial charge in [0, 0.05) is 37.3 Å². The van der Waals surface area contributed by atoms with Gasteiger partial charge in [-0.1, -0.05) is 26.0 Å². The largest absolute Gasteiger partial charge is 0.354 e. The van der Waals surface area contributed by atoms with Crippen LogP contribution in [-0.4, -0.2) is 24.2 Å². The molecule has 1 atom stereocenters. The predicted octanol–water partition coefficient (Wildman–Crippen LogP) is 3.62. The number of fused-ring (bicyclic) bond motifs is 1. The van der Waals surface area contributed by atoms with Crippen molar-refractivity contribution in [3.8, 4) is 5.69 Å². The summed E-state index contributed by atoms with van der Waals surface area (Å²) in [5.41, 5.74) is 0.160. The number of hydrogen-bond acceptors (Lipinski definition) is 5. The van der Waals surface area contributed by atoms with Crippen molar-refractivity contribution in [1.29, 1.82) is 0 Å². The number of hydrogen-bond donors (Lipinski definition) is 2. The number of nitrogens with zero attached hydrogens (tertiary/aromatic N) is 3. The molecule has 1 unspecified atom stereocenters. The van der Waals surface area contributed by atoms with Crippen LogP contribution in [0, 0.1) is 19.7 Å². The third-order valence-corrected chi connectivity index (χ3v) is 6.26. The Labute approximate surface area is 215 Å². The molecule has 4 rings (SSSR count). The lowest BCUT2D eigenvalue weighted by Crippen LogP contribution is -2.41. The Hall–Kier alpha value is -3.99. The molecule has 0 aliphatic carbocycles. The molecule has 11 heteroatoms. The van der Waals surface area contributed by atoms with Gasteiger partial charge in [-0.3, -0.25) is 18.7 Å². The first kappa shape index (κ1) is 27.6. The van der Waals surface area contributed by atoms with Gasteiger partial charge in [0.05, 0.1) is 11.4 Å². The number of anilines is 3. The number of aryl methyl sites for hydroxylation is 2. The monoisotopic (exact) mass is 527 g/mol. The van der Waals surface area contributed by atoms with Crippen molar-refractivity contribution in [2.45, 2.75) is 27.7 Å². The molecule has 0 saturated heterocycles. The maximum absolute atomic E-state index is 15.0. The molecule has 0 spiro atoms. The summed E-state index contributed by atoms with van der Waals surface area (Å²) in [4.78, 5) is 39.7. The van der Waals surface area contributed by atoms with Gasteiger partial charge in [-0.05, 0) is 49.7 Å². The van der Waals surface area contributed by atoms with Crippen molar-refractivity contribution < 1.29 is 8.60 Å². The molecule has 37 heavy (non-hydrogen) atoms. The van der Waals surface area contributed by atoms with E-state index in [1.54, 1.807) is 44.2 Å². The molecular weight excluding hydrogens is 497 g/mol. The Kier molecular flexibility index (Phi) is 8.17. The van der Waals surface area contributed by atoms with E-state index < -0.39 is 33.6 Å². The minimum atomic E-state index is -1.30. The minimum Gasteiger partial charge on any atom is -0.354 e. The third kappa shape index (κ3) is 5.12. The second kappa shape index (κ2) is 11.0. The van der Waals surface area contributed by atoms with Gasteiger partial charge in [0.15, 0.2) is 0 Å². The van der Waals surface area contributed by atoms with Gasteiger partial charge in [0.25, 0.3) is 11.1 Å². The zero-order valence-electron chi connectivity index (χ0n) is 21.8. The quantitative estimate of drug-likeness (QED) is 0.412. The topological polar surface area (TPSA) is 107 Å². The Bertz CT molecular complexity index is 1700. The van der Waals surface area contributed by atoms with Gasteiger partial charge in [-0.25, -0.2) is 18.0 Å². The molecule has 2 N–H and O–H groups in total. The number of pyridine rings is 1. The average molecular weight is 528 g/mol. The summed E-state index contributed by atoms with van der Waals surface area (Å²) in [6.45, 7) is 7.28. The molecule has 0 radical (unpaired) electrons. The van der Waals surface area contributed by atoms with E-state index in [4.69, 9.17) is 0 Å². The second-order valence-corrected chi connectivity index (χ2v) is 9.37. The fraction of sp³-hybridized carbons (Fsp3) is 0.269. The first-order valence-electron chi connectivity index (χ1n) is 11.6. The highest BCUT2D eigenvalue weighted by molar-refractivity contribution is 7.85. The first-order chi connectivity index (χ1) is 17.5. The van der Waals surface area contributed by atoms with Gasteiger partial charge in [0.1, 0.15) is 27.8 Å². The standard InChI is InChI=1S/C24H24FN5O4S.C2H6/c1-13-9-10-18(17(25)11-13)30-21-19(23(32)29(4)24(30)33)20(14(2)22(31)28(21)3)26-15-7-6-8-16(12-15)27-35(5)34;1-2/h6-12,26-27H,1-5H3;1-2H3. The van der Waals surface area contributed by atoms with E-state index in [0.717, 1.165) is 9.13 Å². The van der Waals surface area contributed by atoms with E-state index >= 15 is 4.39 Å². The highest BCUT2D eigenvalue weighted by Gasteiger charge is 2.23. The molecule has 196 valence electrons. The number of rotatable bonds is 5. The van der Waals surface area contributed by atoms with E-state index in [0.29, 0.717) is 16.9 Å². The number of nitrogens with one attached hydrogen (secondary N) is 2. The fourth-order valence-electron chi connectivity index (χ4n) is 4.02. The fourth-order valence-corrected chi connectivity index (χ4v) is 4.48. The Morgan fingerprint density at radius 2 is 1.54 bits per heavy atom. The number of benzene rings is 2. The molecular formula is C26H30FN5O4S. The zero-order chi connectivity index (χ0) is 27.6. The summed E-state index contributed by atoms with van der Waals surface area (Å²) in [6, 6.07) is 11.2. The molecule has 0 bridgehead atoms. The lowest BCUT2D eigenvalue weighted by molar-refractivity contribution is 0.608. The van der Waals surface area contributed by atoms with Crippen LogP contribution in [0.25, 0.3) is 16.7 Å². The lowest BCUT2D eigenvalue weighted by Gasteiger charge is -2.20. The van der Waals surface area contributed by atoms with E-state index in [9.17, 15) is 18.6 Å². The van der Waals surface area contributed by atoms with Crippen molar-refractivity contribution >= 4 is 39.1 Å². The number of halogens is 1. The predicted molar refractivity (Wildman–Crippen MR) is 148 cm³/mol. The average Bonchev–Trinajstić information content (AvgIpc) is 2.86. The van der Waals surface area contributed by atoms with Crippen LogP contribution in [0.4, 0.5) is 21.5 Å². The van der Waals surface area contributed by atoms with E-state index in [1.807, 2.05) is 13.8 Å². The zero-order valence-corrected chi connectivity index (χ0v) is 22.6. The van der Waals surface area contributed by atoms with Crippen molar-refractivity contribution in [3.63, 3.8) is 0 Å². The van der Waals surface area contributed by atoms with Crippen molar-refractivity contribution in [2.75, 3.05) is 16.3 Å². The Morgan fingerprint density at radius 1 is 0.892 bits per heavy atom. The van der Waals surface area contributed by atoms with Gasteiger partial charge in [0.2, 0.25) is 0 Å². The second-order valence-electron chi connectivity index (χ2n) is 8.26. The molecule has 0 amide bonds. The summed E-state index contributed by atoms with van der Waals surface area (Å²) < 4.78 is 32.4. The van der Waals surface area contributed by atoms with E-state index in [2.05, 4.69) is 10.0 Å². The molecule has 2 aromatic carbocycles. The van der Waals surface area contributed by atoms with Crippen LogP contribution in [0.5, 0.6) is 0 Å². The van der Waals surface area contributed by atoms with Gasteiger partial charge in [-0.15, -0.1) is 0 Å². The lowest BCUT2D eigenvalue weighted by atomic mass is 10.1. The van der Waals surface area contributed by atoms with Crippen molar-refractivity contribution in [1.82, 2.24) is 13.7 Å². The first-order valence-corrected chi connectivity index (χ1v) is 13.2. The third-order valence-electron chi connectivity index (χ3n) is 5.74. The SMILES string of the molecule is CC.Cc1ccc(-n2c(=O)n(C)c(=O)c3c(Nc4cccc(NS(C)=O)c4)c(C)c(=O)n(C)c32)c(F)c1. The normalized spacial score (nSPS) is 11.6. The molecule has 2 aromatic heterocycles. The van der Waals surface area contributed by atoms with Gasteiger partial charge < -0.3 is 10.0 Å². The summed E-state index contributed by atoms with van der Waals surface area (Å²) in [5.74, 6) is -0.666. The highest BCUT2D eigenvalue weighted by atomic mass is 32.2. The van der Waals surface area contributed by atoms with Gasteiger partial charge >= 0.3 is 5.69 Å². The van der Waals surface area contributed by atoms with Crippen LogP contribution in [0.2, 0.25) is 0 Å². The van der Waals surface area contributed by atoms with Crippen molar-refractivity contribution in [3.05, 3.63) is 90.6 Å². The number of aromatic nitrogens is 3. The van der Waals surface area contributed by atoms with Crippen LogP contribution in [0.3, 0.4) is 0 Å². The molecule has 0 saturated carbocycles. The van der Waals surface area contributed by atoms with Crippen LogP contribution in [-0.2, 0) is 25.1 Å².